The smallest absolute Gasteiger partial charge is 0.316 e. The van der Waals surface area contributed by atoms with E-state index in [1.54, 1.807) is 20.8 Å². The maximum Gasteiger partial charge on any atom is 0.316 e. The number of oxime groups is 1. The molecule has 0 amide bonds. The summed E-state index contributed by atoms with van der Waals surface area (Å²) in [5, 5.41) is 27.5. The largest absolute Gasteiger partial charge is 0.459 e. The fourth-order valence-corrected chi connectivity index (χ4v) is 6.19. The van der Waals surface area contributed by atoms with Crippen LogP contribution in [0.2, 0.25) is 0 Å². The van der Waals surface area contributed by atoms with E-state index in [1.165, 1.54) is 27.9 Å². The number of rotatable bonds is 5. The third kappa shape index (κ3) is 7.49. The first-order valence-electron chi connectivity index (χ1n) is 14.7. The molecule has 0 bridgehead atoms. The Labute approximate surface area is 239 Å². The first kappa shape index (κ1) is 34.3. The summed E-state index contributed by atoms with van der Waals surface area (Å²) >= 11 is 0. The van der Waals surface area contributed by atoms with Crippen molar-refractivity contribution in [1.82, 2.24) is 4.90 Å². The van der Waals surface area contributed by atoms with Crippen molar-refractivity contribution >= 4 is 23.2 Å². The van der Waals surface area contributed by atoms with Crippen LogP contribution in [-0.4, -0.2) is 95.1 Å². The number of methoxy groups -OCH3 is 1. The molecular formula is C30H52N2O8. The number of esters is 1. The van der Waals surface area contributed by atoms with E-state index in [-0.39, 0.29) is 18.9 Å². The van der Waals surface area contributed by atoms with Gasteiger partial charge in [0.05, 0.1) is 17.7 Å². The van der Waals surface area contributed by atoms with Crippen molar-refractivity contribution in [2.24, 2.45) is 28.8 Å². The van der Waals surface area contributed by atoms with Gasteiger partial charge in [-0.1, -0.05) is 25.9 Å². The number of carbonyl (C=O) groups excluding carboxylic acids is 3. The Kier molecular flexibility index (Phi) is 11.9. The minimum Gasteiger partial charge on any atom is -0.459 e. The quantitative estimate of drug-likeness (QED) is 0.291. The summed E-state index contributed by atoms with van der Waals surface area (Å²) in [4.78, 5) is 48.0. The van der Waals surface area contributed by atoms with Crippen LogP contribution in [0, 0.1) is 23.7 Å². The summed E-state index contributed by atoms with van der Waals surface area (Å²) in [6.45, 7) is 11.2. The highest BCUT2D eigenvalue weighted by Gasteiger charge is 2.49. The molecule has 1 saturated carbocycles. The summed E-state index contributed by atoms with van der Waals surface area (Å²) in [6, 6.07) is 0.492. The molecule has 2 aliphatic rings. The van der Waals surface area contributed by atoms with E-state index in [2.05, 4.69) is 24.2 Å². The van der Waals surface area contributed by atoms with Crippen LogP contribution < -0.4 is 0 Å². The monoisotopic (exact) mass is 568 g/mol. The number of carbonyl (C=O) groups is 3. The van der Waals surface area contributed by atoms with Crippen molar-refractivity contribution in [2.45, 2.75) is 123 Å². The van der Waals surface area contributed by atoms with Gasteiger partial charge in [0.2, 0.25) is 0 Å². The average molecular weight is 569 g/mol. The molecule has 0 unspecified atom stereocenters. The molecule has 2 fully saturated rings. The standard InChI is InChI=1S/C30H52N2O8/c1-11-23-30(7,37)27(35)18(3)24(31-40-22-14-12-21(13-15-22)32(8)9)17(2)16-29(6,38-10)26(34)19(4)25(33)20(5)28(36)39-23/h17-23,27,35,37H,11-16H2,1-10H3/b31-24+/t17-,18+,19+,20-,21?,22?,23-,27-,29-,30-/m1/s1. The molecule has 1 aliphatic carbocycles. The maximum absolute atomic E-state index is 13.6. The fraction of sp³-hybridized carbons (Fsp3) is 0.867. The zero-order valence-corrected chi connectivity index (χ0v) is 26.1. The van der Waals surface area contributed by atoms with Gasteiger partial charge >= 0.3 is 5.97 Å². The molecule has 10 heteroatoms. The van der Waals surface area contributed by atoms with Gasteiger partial charge in [0.15, 0.2) is 11.6 Å². The average Bonchev–Trinajstić information content (AvgIpc) is 2.92. The number of ether oxygens (including phenoxy) is 2. The fourth-order valence-electron chi connectivity index (χ4n) is 6.19. The van der Waals surface area contributed by atoms with Crippen molar-refractivity contribution < 1.29 is 38.9 Å². The number of aliphatic hydroxyl groups excluding tert-OH is 1. The molecule has 2 N–H and O–H groups in total. The van der Waals surface area contributed by atoms with E-state index in [0.717, 1.165) is 25.7 Å². The van der Waals surface area contributed by atoms with E-state index in [0.29, 0.717) is 11.8 Å². The number of nitrogens with zero attached hydrogens (tertiary/aromatic N) is 2. The Morgan fingerprint density at radius 1 is 1.02 bits per heavy atom. The van der Waals surface area contributed by atoms with Crippen LogP contribution in [0.25, 0.3) is 0 Å². The molecule has 230 valence electrons. The summed E-state index contributed by atoms with van der Waals surface area (Å²) < 4.78 is 11.3. The molecule has 8 atom stereocenters. The van der Waals surface area contributed by atoms with Gasteiger partial charge in [-0.15, -0.1) is 0 Å². The molecule has 1 saturated heterocycles. The highest BCUT2D eigenvalue weighted by atomic mass is 16.6. The minimum absolute atomic E-state index is 0.0900. The molecule has 1 aliphatic heterocycles. The van der Waals surface area contributed by atoms with Crippen LogP contribution in [-0.2, 0) is 28.7 Å². The molecular weight excluding hydrogens is 516 g/mol. The van der Waals surface area contributed by atoms with Gasteiger partial charge in [0.25, 0.3) is 0 Å². The molecule has 0 aromatic carbocycles. The van der Waals surface area contributed by atoms with Crippen LogP contribution >= 0.6 is 0 Å². The molecule has 0 aromatic rings. The molecule has 10 nitrogen and oxygen atoms in total. The lowest BCUT2D eigenvalue weighted by molar-refractivity contribution is -0.186. The first-order valence-corrected chi connectivity index (χ1v) is 14.7. The summed E-state index contributed by atoms with van der Waals surface area (Å²) in [6.07, 6.45) is 1.42. The number of hydrogen-bond acceptors (Lipinski definition) is 10. The van der Waals surface area contributed by atoms with E-state index in [1.807, 2.05) is 6.92 Å². The molecule has 40 heavy (non-hydrogen) atoms. The van der Waals surface area contributed by atoms with Crippen LogP contribution in [0.4, 0.5) is 0 Å². The Bertz CT molecular complexity index is 927. The van der Waals surface area contributed by atoms with Crippen LogP contribution in [0.1, 0.15) is 87.0 Å². The van der Waals surface area contributed by atoms with Crippen molar-refractivity contribution in [2.75, 3.05) is 21.2 Å². The zero-order chi connectivity index (χ0) is 30.6. The van der Waals surface area contributed by atoms with Crippen LogP contribution in [0.5, 0.6) is 0 Å². The van der Waals surface area contributed by atoms with Gasteiger partial charge in [-0.05, 0) is 80.3 Å². The number of cyclic esters (lactones) is 1. The van der Waals surface area contributed by atoms with Gasteiger partial charge in [-0.2, -0.15) is 0 Å². The Balaban J connectivity index is 2.53. The van der Waals surface area contributed by atoms with Gasteiger partial charge in [0, 0.05) is 25.0 Å². The highest BCUT2D eigenvalue weighted by Crippen LogP contribution is 2.34. The van der Waals surface area contributed by atoms with Crippen LogP contribution in [0.15, 0.2) is 5.16 Å². The number of ketones is 2. The molecule has 0 radical (unpaired) electrons. The highest BCUT2D eigenvalue weighted by molar-refractivity contribution is 6.11. The zero-order valence-electron chi connectivity index (χ0n) is 26.1. The van der Waals surface area contributed by atoms with Crippen molar-refractivity contribution in [1.29, 1.82) is 0 Å². The summed E-state index contributed by atoms with van der Waals surface area (Å²) in [5.74, 6) is -5.37. The Hall–Kier alpha value is -1.88. The van der Waals surface area contributed by atoms with Gasteiger partial charge in [-0.25, -0.2) is 0 Å². The predicted molar refractivity (Wildman–Crippen MR) is 152 cm³/mol. The molecule has 0 spiro atoms. The van der Waals surface area contributed by atoms with Crippen molar-refractivity contribution in [3.63, 3.8) is 0 Å². The van der Waals surface area contributed by atoms with Gasteiger partial charge in [-0.3, -0.25) is 14.4 Å². The second-order valence-corrected chi connectivity index (χ2v) is 12.6. The van der Waals surface area contributed by atoms with E-state index < -0.39 is 64.6 Å². The molecule has 2 rings (SSSR count). The Morgan fingerprint density at radius 3 is 2.10 bits per heavy atom. The number of hydrogen-bond donors (Lipinski definition) is 2. The topological polar surface area (TPSA) is 135 Å². The van der Waals surface area contributed by atoms with Crippen molar-refractivity contribution in [3.05, 3.63) is 0 Å². The SMILES string of the molecule is CC[C@H]1OC(=O)[C@H](C)C(=O)[C@H](C)C(=O)[C@](C)(OC)C[C@@H](C)/C(=N\OC2CCC(N(C)C)CC2)[C@H](C)[C@@H](O)[C@]1(C)O. The lowest BCUT2D eigenvalue weighted by Gasteiger charge is -2.41. The van der Waals surface area contributed by atoms with E-state index in [4.69, 9.17) is 14.3 Å². The maximum atomic E-state index is 13.6. The minimum atomic E-state index is -1.85. The van der Waals surface area contributed by atoms with Crippen LogP contribution in [0.3, 0.4) is 0 Å². The summed E-state index contributed by atoms with van der Waals surface area (Å²) in [5.41, 5.74) is -2.76. The normalized spacial score (nSPS) is 42.0. The van der Waals surface area contributed by atoms with E-state index in [9.17, 15) is 24.6 Å². The third-order valence-corrected chi connectivity index (χ3v) is 9.27. The molecule has 1 heterocycles. The number of aliphatic hydroxyl groups is 2. The van der Waals surface area contributed by atoms with Gasteiger partial charge < -0.3 is 29.4 Å². The Morgan fingerprint density at radius 2 is 1.60 bits per heavy atom. The first-order chi connectivity index (χ1) is 18.5. The lowest BCUT2D eigenvalue weighted by atomic mass is 9.74. The lowest BCUT2D eigenvalue weighted by Crippen LogP contribution is -2.56. The molecule has 0 aromatic heterocycles. The van der Waals surface area contributed by atoms with E-state index >= 15 is 0 Å². The number of Topliss-reactive ketones (excluding diaryl/α,β-unsaturated/α-hetero) is 2. The second kappa shape index (κ2) is 13.9. The summed E-state index contributed by atoms with van der Waals surface area (Å²) in [7, 11) is 5.55. The van der Waals surface area contributed by atoms with Crippen molar-refractivity contribution in [3.8, 4) is 0 Å². The predicted octanol–water partition coefficient (Wildman–Crippen LogP) is 3.16. The van der Waals surface area contributed by atoms with Gasteiger partial charge in [0.1, 0.15) is 29.3 Å². The third-order valence-electron chi connectivity index (χ3n) is 9.27. The second-order valence-electron chi connectivity index (χ2n) is 12.6.